The summed E-state index contributed by atoms with van der Waals surface area (Å²) in [6, 6.07) is 0. The van der Waals surface area contributed by atoms with Gasteiger partial charge in [-0.3, -0.25) is 9.59 Å². The molecule has 4 heteroatoms. The molecular weight excluding hydrogens is 206 g/mol. The zero-order valence-electron chi connectivity index (χ0n) is 10.7. The summed E-state index contributed by atoms with van der Waals surface area (Å²) in [5, 5.41) is 11.6. The highest BCUT2D eigenvalue weighted by atomic mass is 16.4. The minimum absolute atomic E-state index is 0.0619. The van der Waals surface area contributed by atoms with Crippen molar-refractivity contribution in [2.24, 2.45) is 11.3 Å². The van der Waals surface area contributed by atoms with Gasteiger partial charge < -0.3 is 10.4 Å². The molecule has 0 aromatic rings. The number of rotatable bonds is 6. The molecule has 0 radical (unpaired) electrons. The summed E-state index contributed by atoms with van der Waals surface area (Å²) in [6.45, 7) is 8.11. The third kappa shape index (κ3) is 7.26. The molecule has 0 saturated carbocycles. The predicted molar refractivity (Wildman–Crippen MR) is 63.1 cm³/mol. The number of amides is 1. The summed E-state index contributed by atoms with van der Waals surface area (Å²) < 4.78 is 0. The molecule has 1 atom stereocenters. The molecule has 0 rings (SSSR count). The lowest BCUT2D eigenvalue weighted by molar-refractivity contribution is -0.142. The molecule has 0 saturated heterocycles. The van der Waals surface area contributed by atoms with Gasteiger partial charge in [0.05, 0.1) is 5.92 Å². The Kier molecular flexibility index (Phi) is 6.08. The van der Waals surface area contributed by atoms with Crippen LogP contribution in [0.1, 0.15) is 47.0 Å². The normalized spacial score (nSPS) is 13.2. The SMILES string of the molecule is CCCC(CNC(=O)CC(C)(C)C)C(=O)O. The summed E-state index contributed by atoms with van der Waals surface area (Å²) >= 11 is 0. The summed E-state index contributed by atoms with van der Waals surface area (Å²) in [7, 11) is 0. The minimum Gasteiger partial charge on any atom is -0.481 e. The number of hydrogen-bond acceptors (Lipinski definition) is 2. The maximum Gasteiger partial charge on any atom is 0.308 e. The van der Waals surface area contributed by atoms with E-state index in [1.54, 1.807) is 0 Å². The predicted octanol–water partition coefficient (Wildman–Crippen LogP) is 2.04. The van der Waals surface area contributed by atoms with Gasteiger partial charge in [-0.2, -0.15) is 0 Å². The van der Waals surface area contributed by atoms with Crippen molar-refractivity contribution in [1.82, 2.24) is 5.32 Å². The van der Waals surface area contributed by atoms with Crippen LogP contribution in [0.5, 0.6) is 0 Å². The van der Waals surface area contributed by atoms with Gasteiger partial charge in [-0.25, -0.2) is 0 Å². The quantitative estimate of drug-likeness (QED) is 0.732. The molecule has 0 aliphatic rings. The third-order valence-corrected chi connectivity index (χ3v) is 2.22. The Balaban J connectivity index is 4.01. The van der Waals surface area contributed by atoms with E-state index in [9.17, 15) is 9.59 Å². The van der Waals surface area contributed by atoms with E-state index in [1.807, 2.05) is 27.7 Å². The smallest absolute Gasteiger partial charge is 0.308 e. The number of hydrogen-bond donors (Lipinski definition) is 2. The van der Waals surface area contributed by atoms with Gasteiger partial charge in [-0.05, 0) is 11.8 Å². The summed E-state index contributed by atoms with van der Waals surface area (Å²) in [6.07, 6.45) is 1.84. The van der Waals surface area contributed by atoms with Crippen molar-refractivity contribution < 1.29 is 14.7 Å². The molecule has 1 unspecified atom stereocenters. The first-order valence-corrected chi connectivity index (χ1v) is 5.75. The van der Waals surface area contributed by atoms with Crippen molar-refractivity contribution >= 4 is 11.9 Å². The zero-order chi connectivity index (χ0) is 12.8. The fourth-order valence-electron chi connectivity index (χ4n) is 1.44. The number of carboxylic acids is 1. The van der Waals surface area contributed by atoms with E-state index in [0.29, 0.717) is 12.8 Å². The van der Waals surface area contributed by atoms with Gasteiger partial charge in [0.2, 0.25) is 5.91 Å². The second-order valence-electron chi connectivity index (χ2n) is 5.37. The average molecular weight is 229 g/mol. The lowest BCUT2D eigenvalue weighted by Crippen LogP contribution is -2.34. The molecule has 2 N–H and O–H groups in total. The molecule has 0 aliphatic carbocycles. The van der Waals surface area contributed by atoms with Crippen molar-refractivity contribution in [3.05, 3.63) is 0 Å². The molecule has 0 aromatic carbocycles. The summed E-state index contributed by atoms with van der Waals surface area (Å²) in [5.41, 5.74) is -0.0619. The van der Waals surface area contributed by atoms with Crippen LogP contribution in [-0.2, 0) is 9.59 Å². The minimum atomic E-state index is -0.835. The van der Waals surface area contributed by atoms with Crippen LogP contribution in [0.15, 0.2) is 0 Å². The summed E-state index contributed by atoms with van der Waals surface area (Å²) in [5.74, 6) is -1.37. The van der Waals surface area contributed by atoms with E-state index >= 15 is 0 Å². The highest BCUT2D eigenvalue weighted by molar-refractivity contribution is 5.77. The molecule has 16 heavy (non-hydrogen) atoms. The Morgan fingerprint density at radius 1 is 1.31 bits per heavy atom. The highest BCUT2D eigenvalue weighted by Crippen LogP contribution is 2.17. The fraction of sp³-hybridized carbons (Fsp3) is 0.833. The Morgan fingerprint density at radius 2 is 1.88 bits per heavy atom. The van der Waals surface area contributed by atoms with Crippen LogP contribution in [0, 0.1) is 11.3 Å². The first-order chi connectivity index (χ1) is 7.26. The fourth-order valence-corrected chi connectivity index (χ4v) is 1.44. The van der Waals surface area contributed by atoms with Crippen LogP contribution in [0.25, 0.3) is 0 Å². The first-order valence-electron chi connectivity index (χ1n) is 5.75. The van der Waals surface area contributed by atoms with Crippen LogP contribution in [0.2, 0.25) is 0 Å². The molecule has 0 aliphatic heterocycles. The van der Waals surface area contributed by atoms with Crippen LogP contribution >= 0.6 is 0 Å². The number of nitrogens with one attached hydrogen (secondary N) is 1. The lowest BCUT2D eigenvalue weighted by Gasteiger charge is -2.18. The van der Waals surface area contributed by atoms with Crippen LogP contribution in [-0.4, -0.2) is 23.5 Å². The number of aliphatic carboxylic acids is 1. The van der Waals surface area contributed by atoms with Gasteiger partial charge in [-0.15, -0.1) is 0 Å². The maximum atomic E-state index is 11.5. The molecule has 0 heterocycles. The van der Waals surface area contributed by atoms with Gasteiger partial charge in [0, 0.05) is 13.0 Å². The number of carbonyl (C=O) groups excluding carboxylic acids is 1. The first kappa shape index (κ1) is 14.9. The van der Waals surface area contributed by atoms with Crippen LogP contribution in [0.3, 0.4) is 0 Å². The van der Waals surface area contributed by atoms with Crippen molar-refractivity contribution in [3.63, 3.8) is 0 Å². The van der Waals surface area contributed by atoms with Gasteiger partial charge in [0.1, 0.15) is 0 Å². The monoisotopic (exact) mass is 229 g/mol. The Morgan fingerprint density at radius 3 is 2.25 bits per heavy atom. The van der Waals surface area contributed by atoms with Crippen molar-refractivity contribution in [1.29, 1.82) is 0 Å². The number of carboxylic acid groups (broad SMARTS) is 1. The van der Waals surface area contributed by atoms with E-state index in [-0.39, 0.29) is 17.9 Å². The topological polar surface area (TPSA) is 66.4 Å². The van der Waals surface area contributed by atoms with Crippen LogP contribution in [0.4, 0.5) is 0 Å². The molecule has 0 bridgehead atoms. The van der Waals surface area contributed by atoms with E-state index in [1.165, 1.54) is 0 Å². The van der Waals surface area contributed by atoms with E-state index in [2.05, 4.69) is 5.32 Å². The molecule has 1 amide bonds. The van der Waals surface area contributed by atoms with Gasteiger partial charge in [0.15, 0.2) is 0 Å². The van der Waals surface area contributed by atoms with E-state index in [4.69, 9.17) is 5.11 Å². The van der Waals surface area contributed by atoms with Crippen LogP contribution < -0.4 is 5.32 Å². The second-order valence-corrected chi connectivity index (χ2v) is 5.37. The lowest BCUT2D eigenvalue weighted by atomic mass is 9.92. The van der Waals surface area contributed by atoms with Crippen molar-refractivity contribution in [2.45, 2.75) is 47.0 Å². The molecule has 4 nitrogen and oxygen atoms in total. The van der Waals surface area contributed by atoms with Gasteiger partial charge in [0.25, 0.3) is 0 Å². The Bertz CT molecular complexity index is 243. The largest absolute Gasteiger partial charge is 0.481 e. The highest BCUT2D eigenvalue weighted by Gasteiger charge is 2.19. The second kappa shape index (κ2) is 6.51. The van der Waals surface area contributed by atoms with Gasteiger partial charge >= 0.3 is 5.97 Å². The molecular formula is C12H23NO3. The third-order valence-electron chi connectivity index (χ3n) is 2.22. The summed E-state index contributed by atoms with van der Waals surface area (Å²) in [4.78, 5) is 22.3. The zero-order valence-corrected chi connectivity index (χ0v) is 10.7. The molecule has 0 aromatic heterocycles. The Labute approximate surface area is 97.4 Å². The van der Waals surface area contributed by atoms with E-state index < -0.39 is 11.9 Å². The molecule has 94 valence electrons. The number of carbonyl (C=O) groups is 2. The standard InChI is InChI=1S/C12H23NO3/c1-5-6-9(11(15)16)8-13-10(14)7-12(2,3)4/h9H,5-8H2,1-4H3,(H,13,14)(H,15,16). The van der Waals surface area contributed by atoms with Gasteiger partial charge in [-0.1, -0.05) is 34.1 Å². The maximum absolute atomic E-state index is 11.5. The molecule has 0 spiro atoms. The van der Waals surface area contributed by atoms with E-state index in [0.717, 1.165) is 6.42 Å². The Hall–Kier alpha value is -1.06. The van der Waals surface area contributed by atoms with Crippen molar-refractivity contribution in [3.8, 4) is 0 Å². The average Bonchev–Trinajstić information content (AvgIpc) is 2.08. The van der Waals surface area contributed by atoms with Crippen molar-refractivity contribution in [2.75, 3.05) is 6.54 Å². The molecule has 0 fully saturated rings.